The molecule has 1 amide bonds. The number of carbonyl (C=O) groups excluding carboxylic acids is 2. The molecule has 0 aliphatic carbocycles. The Bertz CT molecular complexity index is 945. The highest BCUT2D eigenvalue weighted by Crippen LogP contribution is 2.30. The van der Waals surface area contributed by atoms with E-state index in [4.69, 9.17) is 4.74 Å². The number of aliphatic imine (C=N–C) groups is 1. The van der Waals surface area contributed by atoms with Crippen molar-refractivity contribution in [3.63, 3.8) is 0 Å². The minimum Gasteiger partial charge on any atom is -0.467 e. The molecule has 2 aromatic carbocycles. The van der Waals surface area contributed by atoms with Gasteiger partial charge in [-0.3, -0.25) is 9.89 Å². The number of methoxy groups -OCH3 is 1. The molecule has 1 aliphatic rings. The maximum atomic E-state index is 13.0. The highest BCUT2D eigenvalue weighted by molar-refractivity contribution is 6.00. The zero-order valence-electron chi connectivity index (χ0n) is 16.1. The Kier molecular flexibility index (Phi) is 6.39. The van der Waals surface area contributed by atoms with Gasteiger partial charge < -0.3 is 9.47 Å². The quantitative estimate of drug-likeness (QED) is 0.690. The molecular formula is C21H19F3N2O4. The van der Waals surface area contributed by atoms with Gasteiger partial charge in [0.2, 0.25) is 0 Å². The predicted molar refractivity (Wildman–Crippen MR) is 102 cm³/mol. The number of ether oxygens (including phenoxy) is 2. The lowest BCUT2D eigenvalue weighted by molar-refractivity contribution is -0.142. The summed E-state index contributed by atoms with van der Waals surface area (Å²) in [5, 5.41) is 0. The van der Waals surface area contributed by atoms with Crippen LogP contribution >= 0.6 is 0 Å². The normalized spacial score (nSPS) is 16.2. The predicted octanol–water partition coefficient (Wildman–Crippen LogP) is 3.84. The number of esters is 1. The smallest absolute Gasteiger partial charge is 0.416 e. The number of rotatable bonds is 5. The lowest BCUT2D eigenvalue weighted by Crippen LogP contribution is -2.38. The van der Waals surface area contributed by atoms with Crippen molar-refractivity contribution in [3.05, 3.63) is 71.3 Å². The van der Waals surface area contributed by atoms with Gasteiger partial charge >= 0.3 is 18.2 Å². The lowest BCUT2D eigenvalue weighted by atomic mass is 10.1. The van der Waals surface area contributed by atoms with E-state index >= 15 is 0 Å². The fourth-order valence-electron chi connectivity index (χ4n) is 2.99. The van der Waals surface area contributed by atoms with E-state index in [1.54, 1.807) is 24.3 Å². The number of amides is 1. The fourth-order valence-corrected chi connectivity index (χ4v) is 2.99. The molecule has 0 aromatic heterocycles. The third-order valence-electron chi connectivity index (χ3n) is 4.49. The van der Waals surface area contributed by atoms with E-state index in [2.05, 4.69) is 9.73 Å². The van der Waals surface area contributed by atoms with Gasteiger partial charge in [-0.2, -0.15) is 13.2 Å². The second kappa shape index (κ2) is 8.98. The molecule has 0 bridgehead atoms. The third-order valence-corrected chi connectivity index (χ3v) is 4.49. The topological polar surface area (TPSA) is 68.2 Å². The molecule has 0 unspecified atom stereocenters. The zero-order chi connectivity index (χ0) is 21.7. The summed E-state index contributed by atoms with van der Waals surface area (Å²) in [6, 6.07) is 12.8. The van der Waals surface area contributed by atoms with Gasteiger partial charge in [0.05, 0.1) is 19.2 Å². The van der Waals surface area contributed by atoms with Gasteiger partial charge in [-0.25, -0.2) is 9.59 Å². The van der Waals surface area contributed by atoms with Crippen LogP contribution in [0, 0.1) is 0 Å². The Morgan fingerprint density at radius 3 is 2.47 bits per heavy atom. The van der Waals surface area contributed by atoms with Crippen LogP contribution in [0.2, 0.25) is 0 Å². The van der Waals surface area contributed by atoms with Gasteiger partial charge in [-0.05, 0) is 17.2 Å². The first-order valence-corrected chi connectivity index (χ1v) is 9.07. The van der Waals surface area contributed by atoms with Crippen LogP contribution in [0.1, 0.15) is 16.7 Å². The average molecular weight is 420 g/mol. The number of hydrogen-bond donors (Lipinski definition) is 0. The number of nitrogens with zero attached hydrogens (tertiary/aromatic N) is 2. The Morgan fingerprint density at radius 2 is 1.80 bits per heavy atom. The SMILES string of the molecule is COC(=O)[C@@H]1CN(C(=O)OCc2ccccc2)C(Cc2cccc(C(F)(F)F)c2)=N1. The number of hydrogen-bond acceptors (Lipinski definition) is 5. The van der Waals surface area contributed by atoms with E-state index in [9.17, 15) is 22.8 Å². The summed E-state index contributed by atoms with van der Waals surface area (Å²) in [5.74, 6) is -0.502. The highest BCUT2D eigenvalue weighted by Gasteiger charge is 2.36. The molecule has 3 rings (SSSR count). The second-order valence-electron chi connectivity index (χ2n) is 6.61. The van der Waals surface area contributed by atoms with Crippen molar-refractivity contribution >= 4 is 17.9 Å². The summed E-state index contributed by atoms with van der Waals surface area (Å²) in [5.41, 5.74) is 0.266. The summed E-state index contributed by atoms with van der Waals surface area (Å²) in [6.07, 6.45) is -5.30. The Morgan fingerprint density at radius 1 is 1.10 bits per heavy atom. The summed E-state index contributed by atoms with van der Waals surface area (Å²) < 4.78 is 48.9. The second-order valence-corrected chi connectivity index (χ2v) is 6.61. The first-order valence-electron chi connectivity index (χ1n) is 9.07. The van der Waals surface area contributed by atoms with Gasteiger partial charge in [0.25, 0.3) is 0 Å². The van der Waals surface area contributed by atoms with Crippen LogP contribution in [0.3, 0.4) is 0 Å². The lowest BCUT2D eigenvalue weighted by Gasteiger charge is -2.19. The van der Waals surface area contributed by atoms with E-state index in [-0.39, 0.29) is 25.4 Å². The van der Waals surface area contributed by atoms with Crippen molar-refractivity contribution in [2.45, 2.75) is 25.2 Å². The van der Waals surface area contributed by atoms with Crippen molar-refractivity contribution in [1.29, 1.82) is 0 Å². The molecule has 0 N–H and O–H groups in total. The van der Waals surface area contributed by atoms with Crippen molar-refractivity contribution in [2.75, 3.05) is 13.7 Å². The number of alkyl halides is 3. The van der Waals surface area contributed by atoms with Gasteiger partial charge in [0, 0.05) is 6.42 Å². The molecule has 9 heteroatoms. The van der Waals surface area contributed by atoms with Crippen molar-refractivity contribution in [1.82, 2.24) is 4.90 Å². The van der Waals surface area contributed by atoms with Crippen LogP contribution in [-0.2, 0) is 33.5 Å². The molecule has 1 atom stereocenters. The van der Waals surface area contributed by atoms with E-state index < -0.39 is 29.8 Å². The minimum atomic E-state index is -4.49. The summed E-state index contributed by atoms with van der Waals surface area (Å²) >= 11 is 0. The van der Waals surface area contributed by atoms with Crippen LogP contribution in [0.4, 0.5) is 18.0 Å². The summed E-state index contributed by atoms with van der Waals surface area (Å²) in [7, 11) is 1.20. The van der Waals surface area contributed by atoms with Crippen LogP contribution in [0.5, 0.6) is 0 Å². The average Bonchev–Trinajstić information content (AvgIpc) is 3.15. The molecule has 0 saturated carbocycles. The number of carbonyl (C=O) groups is 2. The van der Waals surface area contributed by atoms with Gasteiger partial charge in [0.1, 0.15) is 12.4 Å². The van der Waals surface area contributed by atoms with Crippen molar-refractivity contribution in [2.24, 2.45) is 4.99 Å². The van der Waals surface area contributed by atoms with Crippen LogP contribution in [0.25, 0.3) is 0 Å². The molecule has 0 radical (unpaired) electrons. The number of halogens is 3. The first kappa shape index (κ1) is 21.4. The Hall–Kier alpha value is -3.36. The molecule has 6 nitrogen and oxygen atoms in total. The molecule has 2 aromatic rings. The molecule has 0 spiro atoms. The summed E-state index contributed by atoms with van der Waals surface area (Å²) in [4.78, 5) is 29.8. The van der Waals surface area contributed by atoms with E-state index in [1.807, 2.05) is 6.07 Å². The minimum absolute atomic E-state index is 0.00982. The zero-order valence-corrected chi connectivity index (χ0v) is 16.1. The van der Waals surface area contributed by atoms with Crippen molar-refractivity contribution < 1.29 is 32.2 Å². The van der Waals surface area contributed by atoms with E-state index in [1.165, 1.54) is 19.2 Å². The van der Waals surface area contributed by atoms with Crippen LogP contribution in [-0.4, -0.2) is 42.5 Å². The number of benzene rings is 2. The maximum Gasteiger partial charge on any atom is 0.416 e. The maximum absolute atomic E-state index is 13.0. The first-order chi connectivity index (χ1) is 14.3. The third kappa shape index (κ3) is 5.16. The van der Waals surface area contributed by atoms with E-state index in [0.717, 1.165) is 22.6 Å². The van der Waals surface area contributed by atoms with Gasteiger partial charge in [-0.15, -0.1) is 0 Å². The fraction of sp³-hybridized carbons (Fsp3) is 0.286. The monoisotopic (exact) mass is 420 g/mol. The summed E-state index contributed by atoms with van der Waals surface area (Å²) in [6.45, 7) is -0.0928. The highest BCUT2D eigenvalue weighted by atomic mass is 19.4. The van der Waals surface area contributed by atoms with Gasteiger partial charge in [0.15, 0.2) is 6.04 Å². The number of amidine groups is 1. The van der Waals surface area contributed by atoms with Gasteiger partial charge in [-0.1, -0.05) is 48.5 Å². The van der Waals surface area contributed by atoms with Crippen LogP contribution < -0.4 is 0 Å². The molecule has 158 valence electrons. The Labute approximate surface area is 170 Å². The molecule has 1 aliphatic heterocycles. The van der Waals surface area contributed by atoms with Crippen molar-refractivity contribution in [3.8, 4) is 0 Å². The van der Waals surface area contributed by atoms with Crippen LogP contribution in [0.15, 0.2) is 59.6 Å². The molecular weight excluding hydrogens is 401 g/mol. The van der Waals surface area contributed by atoms with E-state index in [0.29, 0.717) is 5.56 Å². The Balaban J connectivity index is 1.77. The largest absolute Gasteiger partial charge is 0.467 e. The molecule has 0 saturated heterocycles. The molecule has 0 fully saturated rings. The molecule has 1 heterocycles. The molecule has 30 heavy (non-hydrogen) atoms. The standard InChI is InChI=1S/C21H19F3N2O4/c1-29-19(27)17-12-26(20(28)30-13-14-6-3-2-4-7-14)18(25-17)11-15-8-5-9-16(10-15)21(22,23)24/h2-10,17H,11-13H2,1H3/t17-/m0/s1.